The Hall–Kier alpha value is -3.77. The first-order valence-corrected chi connectivity index (χ1v) is 15.3. The summed E-state index contributed by atoms with van der Waals surface area (Å²) in [5.41, 5.74) is -1.72. The number of benzene rings is 2. The Kier molecular flexibility index (Phi) is 12.5. The minimum absolute atomic E-state index is 0.151. The molecule has 45 heavy (non-hydrogen) atoms. The van der Waals surface area contributed by atoms with Crippen LogP contribution in [0.4, 0.5) is 14.4 Å². The van der Waals surface area contributed by atoms with E-state index in [1.165, 1.54) is 31.4 Å². The highest BCUT2D eigenvalue weighted by Gasteiger charge is 2.60. The number of ether oxygens (including phenoxy) is 6. The third-order valence-electron chi connectivity index (χ3n) is 5.63. The number of hydrogen-bond donors (Lipinski definition) is 0. The fourth-order valence-electron chi connectivity index (χ4n) is 3.99. The summed E-state index contributed by atoms with van der Waals surface area (Å²) in [7, 11) is 2.48. The molecular weight excluding hydrogens is 602 g/mol. The van der Waals surface area contributed by atoms with Gasteiger partial charge in [-0.15, -0.1) is 11.8 Å². The SMILES string of the molecule is COC(=O)C(SCc1ccccc1)(C(OC)c1ccc(OC(=O)OC(C)(C)C)cc1)N(C(=O)OC(C)(C)C)C(=O)OC(C)(C)C. The number of nitrogens with zero attached hydrogens (tertiary/aromatic N) is 1. The third kappa shape index (κ3) is 11.0. The van der Waals surface area contributed by atoms with Crippen LogP contribution in [-0.2, 0) is 34.2 Å². The number of imide groups is 1. The van der Waals surface area contributed by atoms with E-state index in [9.17, 15) is 19.2 Å². The summed E-state index contributed by atoms with van der Waals surface area (Å²) in [4.78, 5) is 52.7. The van der Waals surface area contributed by atoms with Crippen molar-refractivity contribution in [3.8, 4) is 5.75 Å². The highest BCUT2D eigenvalue weighted by atomic mass is 32.2. The smallest absolute Gasteiger partial charge is 0.467 e. The number of carbonyl (C=O) groups is 4. The van der Waals surface area contributed by atoms with Gasteiger partial charge in [-0.2, -0.15) is 4.90 Å². The molecule has 0 saturated heterocycles. The lowest BCUT2D eigenvalue weighted by molar-refractivity contribution is -0.155. The van der Waals surface area contributed by atoms with Gasteiger partial charge in [-0.3, -0.25) is 0 Å². The number of hydrogen-bond acceptors (Lipinski definition) is 11. The molecule has 2 aromatic rings. The van der Waals surface area contributed by atoms with Gasteiger partial charge in [0.05, 0.1) is 7.11 Å². The molecule has 0 aliphatic heterocycles. The van der Waals surface area contributed by atoms with E-state index in [1.807, 2.05) is 30.3 Å². The maximum atomic E-state index is 14.1. The summed E-state index contributed by atoms with van der Waals surface area (Å²) in [6.45, 7) is 14.9. The molecular formula is C33H45NO10S. The predicted octanol–water partition coefficient (Wildman–Crippen LogP) is 7.66. The fourth-order valence-corrected chi connectivity index (χ4v) is 5.43. The molecule has 2 atom stereocenters. The van der Waals surface area contributed by atoms with Gasteiger partial charge < -0.3 is 28.4 Å². The molecule has 0 spiro atoms. The van der Waals surface area contributed by atoms with Crippen molar-refractivity contribution in [2.45, 2.75) is 95.8 Å². The van der Waals surface area contributed by atoms with E-state index in [0.717, 1.165) is 24.4 Å². The molecule has 2 aromatic carbocycles. The van der Waals surface area contributed by atoms with E-state index in [4.69, 9.17) is 28.4 Å². The summed E-state index contributed by atoms with van der Waals surface area (Å²) in [5.74, 6) is -0.668. The Labute approximate surface area is 269 Å². The lowest BCUT2D eigenvalue weighted by Gasteiger charge is -2.43. The van der Waals surface area contributed by atoms with E-state index in [2.05, 4.69) is 0 Å². The molecule has 0 N–H and O–H groups in total. The van der Waals surface area contributed by atoms with Crippen molar-refractivity contribution < 1.29 is 47.6 Å². The summed E-state index contributed by atoms with van der Waals surface area (Å²) >= 11 is 0.940. The van der Waals surface area contributed by atoms with Gasteiger partial charge in [0.2, 0.25) is 4.87 Å². The van der Waals surface area contributed by atoms with Crippen molar-refractivity contribution in [3.63, 3.8) is 0 Å². The molecule has 0 aliphatic rings. The number of methoxy groups -OCH3 is 2. The average Bonchev–Trinajstić information content (AvgIpc) is 2.89. The summed E-state index contributed by atoms with van der Waals surface area (Å²) in [5, 5.41) is 0. The number of esters is 1. The lowest BCUT2D eigenvalue weighted by Crippen LogP contribution is -2.62. The maximum absolute atomic E-state index is 14.1. The monoisotopic (exact) mass is 647 g/mol. The Morgan fingerprint density at radius 3 is 1.62 bits per heavy atom. The zero-order valence-electron chi connectivity index (χ0n) is 27.9. The molecule has 0 bridgehead atoms. The Bertz CT molecular complexity index is 1280. The molecule has 11 nitrogen and oxygen atoms in total. The zero-order chi connectivity index (χ0) is 34.2. The Morgan fingerprint density at radius 1 is 0.711 bits per heavy atom. The van der Waals surface area contributed by atoms with Crippen LogP contribution in [-0.4, -0.2) is 65.1 Å². The number of thioether (sulfide) groups is 1. The largest absolute Gasteiger partial charge is 0.514 e. The fraction of sp³-hybridized carbons (Fsp3) is 0.515. The number of carbonyl (C=O) groups excluding carboxylic acids is 4. The molecule has 12 heteroatoms. The lowest BCUT2D eigenvalue weighted by atomic mass is 9.99. The van der Waals surface area contributed by atoms with Crippen LogP contribution in [0.2, 0.25) is 0 Å². The molecule has 0 fully saturated rings. The van der Waals surface area contributed by atoms with Crippen molar-refractivity contribution in [1.82, 2.24) is 4.90 Å². The van der Waals surface area contributed by atoms with Gasteiger partial charge in [-0.1, -0.05) is 42.5 Å². The van der Waals surface area contributed by atoms with Crippen molar-refractivity contribution in [1.29, 1.82) is 0 Å². The Balaban J connectivity index is 2.79. The van der Waals surface area contributed by atoms with E-state index in [0.29, 0.717) is 10.5 Å². The minimum atomic E-state index is -2.21. The van der Waals surface area contributed by atoms with Crippen molar-refractivity contribution in [2.75, 3.05) is 14.2 Å². The first kappa shape index (κ1) is 37.4. The van der Waals surface area contributed by atoms with Crippen LogP contribution >= 0.6 is 11.8 Å². The van der Waals surface area contributed by atoms with Crippen LogP contribution in [0.25, 0.3) is 0 Å². The van der Waals surface area contributed by atoms with Gasteiger partial charge in [0.15, 0.2) is 0 Å². The van der Waals surface area contributed by atoms with Crippen LogP contribution in [0.3, 0.4) is 0 Å². The first-order chi connectivity index (χ1) is 20.7. The molecule has 0 heterocycles. The topological polar surface area (TPSA) is 127 Å². The second-order valence-corrected chi connectivity index (χ2v) is 14.2. The van der Waals surface area contributed by atoms with E-state index >= 15 is 0 Å². The van der Waals surface area contributed by atoms with E-state index in [1.54, 1.807) is 62.3 Å². The van der Waals surface area contributed by atoms with Crippen LogP contribution in [0.15, 0.2) is 54.6 Å². The molecule has 2 unspecified atom stereocenters. The van der Waals surface area contributed by atoms with E-state index < -0.39 is 52.1 Å². The zero-order valence-corrected chi connectivity index (χ0v) is 28.7. The molecule has 0 saturated carbocycles. The maximum Gasteiger partial charge on any atom is 0.514 e. The minimum Gasteiger partial charge on any atom is -0.467 e. The summed E-state index contributed by atoms with van der Waals surface area (Å²) < 4.78 is 33.1. The quantitative estimate of drug-likeness (QED) is 0.115. The molecule has 2 amide bonds. The van der Waals surface area contributed by atoms with Crippen LogP contribution in [0.5, 0.6) is 5.75 Å². The van der Waals surface area contributed by atoms with Gasteiger partial charge in [0.1, 0.15) is 28.7 Å². The highest BCUT2D eigenvalue weighted by molar-refractivity contribution is 8.00. The number of amides is 2. The summed E-state index contributed by atoms with van der Waals surface area (Å²) in [6, 6.07) is 15.2. The molecule has 0 aliphatic carbocycles. The third-order valence-corrected chi connectivity index (χ3v) is 7.11. The van der Waals surface area contributed by atoms with Crippen molar-refractivity contribution >= 4 is 36.1 Å². The van der Waals surface area contributed by atoms with Crippen molar-refractivity contribution in [2.24, 2.45) is 0 Å². The van der Waals surface area contributed by atoms with Gasteiger partial charge in [-0.05, 0) is 85.6 Å². The van der Waals surface area contributed by atoms with Gasteiger partial charge in [0.25, 0.3) is 0 Å². The average molecular weight is 648 g/mol. The van der Waals surface area contributed by atoms with Crippen LogP contribution < -0.4 is 4.74 Å². The second kappa shape index (κ2) is 15.0. The molecule has 0 radical (unpaired) electrons. The standard InChI is InChI=1S/C33H45NO10S/c1-30(2,3)42-27(36)34(28(37)43-31(4,5)6)33(26(35)40-11,45-21-22-15-13-12-14-16-22)25(39-10)23-17-19-24(20-18-23)41-29(38)44-32(7,8)9/h12-20,25H,21H2,1-11H3. The van der Waals surface area contributed by atoms with E-state index in [-0.39, 0.29) is 11.5 Å². The van der Waals surface area contributed by atoms with Gasteiger partial charge in [-0.25, -0.2) is 19.2 Å². The van der Waals surface area contributed by atoms with Gasteiger partial charge >= 0.3 is 24.3 Å². The predicted molar refractivity (Wildman–Crippen MR) is 170 cm³/mol. The van der Waals surface area contributed by atoms with Crippen LogP contribution in [0, 0.1) is 0 Å². The van der Waals surface area contributed by atoms with Gasteiger partial charge in [0, 0.05) is 12.9 Å². The summed E-state index contributed by atoms with van der Waals surface area (Å²) in [6.07, 6.45) is -4.51. The van der Waals surface area contributed by atoms with Crippen molar-refractivity contribution in [3.05, 3.63) is 65.7 Å². The normalized spacial score (nSPS) is 13.9. The molecule has 248 valence electrons. The van der Waals surface area contributed by atoms with Crippen LogP contribution in [0.1, 0.15) is 79.5 Å². The number of rotatable bonds is 9. The Morgan fingerprint density at radius 2 is 1.20 bits per heavy atom. The first-order valence-electron chi connectivity index (χ1n) is 14.3. The highest BCUT2D eigenvalue weighted by Crippen LogP contribution is 2.47. The second-order valence-electron chi connectivity index (χ2n) is 13.0. The molecule has 0 aromatic heterocycles. The molecule has 2 rings (SSSR count).